The number of ether oxygens (including phenoxy) is 2. The molecule has 0 aliphatic rings. The van der Waals surface area contributed by atoms with Crippen molar-refractivity contribution in [3.05, 3.63) is 69.8 Å². The van der Waals surface area contributed by atoms with Gasteiger partial charge in [0.25, 0.3) is 5.56 Å². The molecule has 0 spiro atoms. The van der Waals surface area contributed by atoms with E-state index < -0.39 is 11.4 Å². The van der Waals surface area contributed by atoms with Gasteiger partial charge < -0.3 is 9.47 Å². The fourth-order valence-electron chi connectivity index (χ4n) is 2.62. The smallest absolute Gasteiger partial charge is 0.270 e. The zero-order chi connectivity index (χ0) is 20.8. The first kappa shape index (κ1) is 19.6. The summed E-state index contributed by atoms with van der Waals surface area (Å²) in [5.41, 5.74) is 3.11. The molecule has 1 heterocycles. The molecule has 0 saturated carbocycles. The van der Waals surface area contributed by atoms with Crippen LogP contribution in [0.15, 0.2) is 52.4 Å². The van der Waals surface area contributed by atoms with E-state index in [1.807, 2.05) is 12.1 Å². The number of nitrogens with zero attached hydrogens (tertiary/aromatic N) is 3. The zero-order valence-electron chi connectivity index (χ0n) is 15.6. The minimum Gasteiger partial charge on any atom is -0.493 e. The lowest BCUT2D eigenvalue weighted by molar-refractivity contribution is 0.337. The number of hydrazone groups is 1. The van der Waals surface area contributed by atoms with Crippen LogP contribution in [0.25, 0.3) is 11.3 Å². The van der Waals surface area contributed by atoms with Gasteiger partial charge in [-0.15, -0.1) is 0 Å². The third-order valence-electron chi connectivity index (χ3n) is 3.92. The molecule has 1 aromatic heterocycles. The molecule has 0 aliphatic carbocycles. The van der Waals surface area contributed by atoms with Crippen LogP contribution in [0.3, 0.4) is 0 Å². The van der Waals surface area contributed by atoms with Crippen molar-refractivity contribution in [3.8, 4) is 28.8 Å². The molecule has 0 radical (unpaired) electrons. The van der Waals surface area contributed by atoms with Crippen molar-refractivity contribution in [2.45, 2.75) is 0 Å². The quantitative estimate of drug-likeness (QED) is 0.492. The van der Waals surface area contributed by atoms with E-state index in [9.17, 15) is 14.4 Å². The molecule has 0 fully saturated rings. The van der Waals surface area contributed by atoms with Crippen molar-refractivity contribution < 1.29 is 13.9 Å². The highest BCUT2D eigenvalue weighted by Crippen LogP contribution is 2.30. The van der Waals surface area contributed by atoms with Crippen LogP contribution >= 0.6 is 0 Å². The molecule has 0 saturated heterocycles. The van der Waals surface area contributed by atoms with Gasteiger partial charge in [-0.2, -0.15) is 10.4 Å². The van der Waals surface area contributed by atoms with Crippen LogP contribution in [0.5, 0.6) is 11.5 Å². The summed E-state index contributed by atoms with van der Waals surface area (Å²) >= 11 is 0. The summed E-state index contributed by atoms with van der Waals surface area (Å²) < 4.78 is 24.1. The number of benzene rings is 2. The first-order valence-electron chi connectivity index (χ1n) is 8.37. The Kier molecular flexibility index (Phi) is 5.85. The van der Waals surface area contributed by atoms with Crippen LogP contribution in [0.4, 0.5) is 10.3 Å². The average Bonchev–Trinajstić information content (AvgIpc) is 2.73. The van der Waals surface area contributed by atoms with Gasteiger partial charge >= 0.3 is 0 Å². The normalized spacial score (nSPS) is 10.6. The maximum absolute atomic E-state index is 14.0. The predicted octanol–water partition coefficient (Wildman–Crippen LogP) is 2.91. The lowest BCUT2D eigenvalue weighted by atomic mass is 10.1. The van der Waals surface area contributed by atoms with Gasteiger partial charge in [-0.25, -0.2) is 14.8 Å². The number of hydrogen-bond acceptors (Lipinski definition) is 7. The summed E-state index contributed by atoms with van der Waals surface area (Å²) in [5.74, 6) is -0.372. The van der Waals surface area contributed by atoms with Crippen molar-refractivity contribution >= 4 is 12.2 Å². The Balaban J connectivity index is 1.90. The van der Waals surface area contributed by atoms with Crippen molar-refractivity contribution in [3.63, 3.8) is 0 Å². The third kappa shape index (κ3) is 4.22. The second-order valence-electron chi connectivity index (χ2n) is 5.72. The van der Waals surface area contributed by atoms with Crippen LogP contribution < -0.4 is 20.5 Å². The maximum Gasteiger partial charge on any atom is 0.270 e. The molecular formula is C20H16FN5O3. The Morgan fingerprint density at radius 2 is 2.00 bits per heavy atom. The van der Waals surface area contributed by atoms with Gasteiger partial charge in [0.1, 0.15) is 11.6 Å². The van der Waals surface area contributed by atoms with Gasteiger partial charge in [0.2, 0.25) is 5.95 Å². The lowest BCUT2D eigenvalue weighted by Gasteiger charge is -2.09. The number of aromatic amines is 1. The van der Waals surface area contributed by atoms with Crippen LogP contribution in [0, 0.1) is 17.1 Å². The first-order valence-corrected chi connectivity index (χ1v) is 8.37. The molecule has 0 bridgehead atoms. The standard InChI is InChI=1S/C20H16FN5O3/c1-28-16-9-12(8-15(21)18(16)29-2)11-23-26-20-24-17(13-6-4-3-5-7-13)14(10-22)19(27)25-20/h3-9,11H,1-2H3,(H2,24,25,26,27). The van der Waals surface area contributed by atoms with Gasteiger partial charge in [0.05, 0.1) is 26.1 Å². The molecule has 2 N–H and O–H groups in total. The molecule has 0 amide bonds. The van der Waals surface area contributed by atoms with Gasteiger partial charge in [0.15, 0.2) is 17.3 Å². The van der Waals surface area contributed by atoms with E-state index in [4.69, 9.17) is 9.47 Å². The Morgan fingerprint density at radius 3 is 2.66 bits per heavy atom. The Labute approximate surface area is 165 Å². The van der Waals surface area contributed by atoms with Gasteiger partial charge in [-0.1, -0.05) is 30.3 Å². The van der Waals surface area contributed by atoms with E-state index in [1.54, 1.807) is 24.3 Å². The number of aromatic nitrogens is 2. The molecule has 3 aromatic rings. The number of hydrogen-bond donors (Lipinski definition) is 2. The lowest BCUT2D eigenvalue weighted by Crippen LogP contribution is -2.16. The average molecular weight is 393 g/mol. The minimum atomic E-state index is -0.607. The number of halogens is 1. The SMILES string of the molecule is COc1cc(C=NNc2nc(-c3ccccc3)c(C#N)c(=O)[nH]2)cc(F)c1OC. The van der Waals surface area contributed by atoms with Crippen LogP contribution in [-0.4, -0.2) is 30.4 Å². The molecule has 29 heavy (non-hydrogen) atoms. The first-order chi connectivity index (χ1) is 14.1. The maximum atomic E-state index is 14.0. The minimum absolute atomic E-state index is 0.0109. The second-order valence-corrected chi connectivity index (χ2v) is 5.72. The van der Waals surface area contributed by atoms with Crippen LogP contribution in [0.2, 0.25) is 0 Å². The molecule has 8 nitrogen and oxygen atoms in total. The van der Waals surface area contributed by atoms with Gasteiger partial charge in [-0.05, 0) is 12.1 Å². The van der Waals surface area contributed by atoms with E-state index in [0.29, 0.717) is 11.1 Å². The summed E-state index contributed by atoms with van der Waals surface area (Å²) in [4.78, 5) is 18.9. The number of H-pyrrole nitrogens is 1. The Hall–Kier alpha value is -4.19. The van der Waals surface area contributed by atoms with Gasteiger partial charge in [-0.3, -0.25) is 9.78 Å². The molecule has 146 valence electrons. The number of anilines is 1. The van der Waals surface area contributed by atoms with E-state index in [1.165, 1.54) is 32.6 Å². The molecule has 3 rings (SSSR count). The third-order valence-corrected chi connectivity index (χ3v) is 3.92. The number of nitrogens with one attached hydrogen (secondary N) is 2. The number of nitriles is 1. The molecule has 0 atom stereocenters. The van der Waals surface area contributed by atoms with Crippen molar-refractivity contribution in [1.29, 1.82) is 5.26 Å². The molecule has 0 unspecified atom stereocenters. The summed E-state index contributed by atoms with van der Waals surface area (Å²) in [6.07, 6.45) is 1.32. The highest BCUT2D eigenvalue weighted by atomic mass is 19.1. The van der Waals surface area contributed by atoms with Crippen LogP contribution in [0.1, 0.15) is 11.1 Å². The fraction of sp³-hybridized carbons (Fsp3) is 0.100. The second kappa shape index (κ2) is 8.67. The Bertz CT molecular complexity index is 1150. The summed E-state index contributed by atoms with van der Waals surface area (Å²) in [6, 6.07) is 13.5. The van der Waals surface area contributed by atoms with Crippen molar-refractivity contribution in [2.24, 2.45) is 5.10 Å². The van der Waals surface area contributed by atoms with E-state index in [2.05, 4.69) is 20.5 Å². The predicted molar refractivity (Wildman–Crippen MR) is 106 cm³/mol. The monoisotopic (exact) mass is 393 g/mol. The largest absolute Gasteiger partial charge is 0.493 e. The number of rotatable bonds is 6. The van der Waals surface area contributed by atoms with E-state index >= 15 is 0 Å². The zero-order valence-corrected chi connectivity index (χ0v) is 15.6. The topological polar surface area (TPSA) is 112 Å². The number of methoxy groups -OCH3 is 2. The molecule has 2 aromatic carbocycles. The Morgan fingerprint density at radius 1 is 1.24 bits per heavy atom. The summed E-state index contributed by atoms with van der Waals surface area (Å²) in [5, 5.41) is 13.2. The molecular weight excluding hydrogens is 377 g/mol. The highest BCUT2D eigenvalue weighted by Gasteiger charge is 2.13. The van der Waals surface area contributed by atoms with Crippen LogP contribution in [-0.2, 0) is 0 Å². The van der Waals surface area contributed by atoms with E-state index in [-0.39, 0.29) is 28.7 Å². The van der Waals surface area contributed by atoms with Gasteiger partial charge in [0, 0.05) is 11.1 Å². The highest BCUT2D eigenvalue weighted by molar-refractivity contribution is 5.81. The van der Waals surface area contributed by atoms with Crippen molar-refractivity contribution in [1.82, 2.24) is 9.97 Å². The molecule has 9 heteroatoms. The fourth-order valence-corrected chi connectivity index (χ4v) is 2.62. The summed E-state index contributed by atoms with van der Waals surface area (Å²) in [6.45, 7) is 0. The van der Waals surface area contributed by atoms with Crippen molar-refractivity contribution in [2.75, 3.05) is 19.6 Å². The van der Waals surface area contributed by atoms with E-state index in [0.717, 1.165) is 0 Å². The molecule has 0 aliphatic heterocycles. The summed E-state index contributed by atoms with van der Waals surface area (Å²) in [7, 11) is 2.74.